The Morgan fingerprint density at radius 2 is 2.05 bits per heavy atom. The van der Waals surface area contributed by atoms with Crippen LogP contribution < -0.4 is 5.32 Å². The SMILES string of the molecule is O=C(NCCCc1ncn[nH]1)C1Cc2ccccc2C1. The Kier molecular flexibility index (Phi) is 3.76. The van der Waals surface area contributed by atoms with E-state index in [9.17, 15) is 4.79 Å². The molecule has 1 aliphatic carbocycles. The van der Waals surface area contributed by atoms with E-state index in [2.05, 4.69) is 32.6 Å². The van der Waals surface area contributed by atoms with Gasteiger partial charge in [-0.15, -0.1) is 0 Å². The number of aryl methyl sites for hydroxylation is 1. The van der Waals surface area contributed by atoms with E-state index >= 15 is 0 Å². The lowest BCUT2D eigenvalue weighted by molar-refractivity contribution is -0.124. The normalized spacial score (nSPS) is 14.2. The van der Waals surface area contributed by atoms with E-state index in [0.717, 1.165) is 31.5 Å². The van der Waals surface area contributed by atoms with Gasteiger partial charge >= 0.3 is 0 Å². The maximum absolute atomic E-state index is 12.1. The van der Waals surface area contributed by atoms with E-state index in [4.69, 9.17) is 0 Å². The molecule has 0 fully saturated rings. The van der Waals surface area contributed by atoms with Gasteiger partial charge in [-0.3, -0.25) is 9.89 Å². The quantitative estimate of drug-likeness (QED) is 0.804. The molecule has 0 saturated heterocycles. The predicted octanol–water partition coefficient (Wildman–Crippen LogP) is 1.27. The molecule has 1 aliphatic rings. The lowest BCUT2D eigenvalue weighted by atomic mass is 10.1. The number of H-pyrrole nitrogens is 1. The fraction of sp³-hybridized carbons (Fsp3) is 0.400. The van der Waals surface area contributed by atoms with Crippen LogP contribution in [0.1, 0.15) is 23.4 Å². The van der Waals surface area contributed by atoms with Crippen LogP contribution in [0.15, 0.2) is 30.6 Å². The van der Waals surface area contributed by atoms with Gasteiger partial charge in [0.25, 0.3) is 0 Å². The highest BCUT2D eigenvalue weighted by Crippen LogP contribution is 2.26. The molecule has 5 nitrogen and oxygen atoms in total. The fourth-order valence-corrected chi connectivity index (χ4v) is 2.71. The molecule has 1 heterocycles. The molecule has 5 heteroatoms. The first kappa shape index (κ1) is 12.8. The first-order valence-corrected chi connectivity index (χ1v) is 7.01. The van der Waals surface area contributed by atoms with Gasteiger partial charge in [-0.2, -0.15) is 5.10 Å². The summed E-state index contributed by atoms with van der Waals surface area (Å²) in [6, 6.07) is 8.31. The summed E-state index contributed by atoms with van der Waals surface area (Å²) < 4.78 is 0. The largest absolute Gasteiger partial charge is 0.356 e. The highest BCUT2D eigenvalue weighted by Gasteiger charge is 2.26. The lowest BCUT2D eigenvalue weighted by Gasteiger charge is -2.09. The van der Waals surface area contributed by atoms with Crippen molar-refractivity contribution in [3.63, 3.8) is 0 Å². The van der Waals surface area contributed by atoms with E-state index in [1.54, 1.807) is 0 Å². The Morgan fingerprint density at radius 3 is 2.70 bits per heavy atom. The number of rotatable bonds is 5. The van der Waals surface area contributed by atoms with Crippen molar-refractivity contribution in [2.24, 2.45) is 5.92 Å². The van der Waals surface area contributed by atoms with Crippen molar-refractivity contribution in [2.75, 3.05) is 6.54 Å². The Bertz CT molecular complexity index is 554. The monoisotopic (exact) mass is 270 g/mol. The average Bonchev–Trinajstić information content (AvgIpc) is 3.12. The molecule has 20 heavy (non-hydrogen) atoms. The number of hydrogen-bond acceptors (Lipinski definition) is 3. The van der Waals surface area contributed by atoms with E-state index in [-0.39, 0.29) is 11.8 Å². The molecule has 1 aromatic carbocycles. The molecule has 2 N–H and O–H groups in total. The number of aromatic amines is 1. The molecule has 0 bridgehead atoms. The van der Waals surface area contributed by atoms with Crippen molar-refractivity contribution in [2.45, 2.75) is 25.7 Å². The van der Waals surface area contributed by atoms with Crippen LogP contribution in [0.5, 0.6) is 0 Å². The molecule has 0 unspecified atom stereocenters. The van der Waals surface area contributed by atoms with Gasteiger partial charge in [-0.25, -0.2) is 4.98 Å². The summed E-state index contributed by atoms with van der Waals surface area (Å²) in [6.07, 6.45) is 4.92. The standard InChI is InChI=1S/C15H18N4O/c20-15(16-7-3-6-14-17-10-18-19-14)13-8-11-4-1-2-5-12(11)9-13/h1-2,4-5,10,13H,3,6-9H2,(H,16,20)(H,17,18,19). The number of benzene rings is 1. The molecule has 0 saturated carbocycles. The summed E-state index contributed by atoms with van der Waals surface area (Å²) in [6.45, 7) is 0.687. The zero-order valence-corrected chi connectivity index (χ0v) is 11.3. The van der Waals surface area contributed by atoms with Crippen LogP contribution >= 0.6 is 0 Å². The van der Waals surface area contributed by atoms with E-state index in [1.165, 1.54) is 17.5 Å². The van der Waals surface area contributed by atoms with Gasteiger partial charge in [-0.05, 0) is 30.4 Å². The Hall–Kier alpha value is -2.17. The third-order valence-electron chi connectivity index (χ3n) is 3.78. The summed E-state index contributed by atoms with van der Waals surface area (Å²) in [5, 5.41) is 9.64. The van der Waals surface area contributed by atoms with Gasteiger partial charge in [0.05, 0.1) is 0 Å². The van der Waals surface area contributed by atoms with Gasteiger partial charge in [0.15, 0.2) is 0 Å². The summed E-state index contributed by atoms with van der Waals surface area (Å²) in [5.41, 5.74) is 2.63. The summed E-state index contributed by atoms with van der Waals surface area (Å²) in [7, 11) is 0. The minimum atomic E-state index is 0.0951. The second-order valence-electron chi connectivity index (χ2n) is 5.20. The molecular weight excluding hydrogens is 252 g/mol. The number of fused-ring (bicyclic) bond motifs is 1. The highest BCUT2D eigenvalue weighted by atomic mass is 16.1. The molecule has 2 aromatic rings. The molecule has 0 aliphatic heterocycles. The zero-order valence-electron chi connectivity index (χ0n) is 11.3. The van der Waals surface area contributed by atoms with Crippen LogP contribution in [-0.4, -0.2) is 27.6 Å². The van der Waals surface area contributed by atoms with Gasteiger partial charge in [-0.1, -0.05) is 24.3 Å². The van der Waals surface area contributed by atoms with Gasteiger partial charge < -0.3 is 5.32 Å². The van der Waals surface area contributed by atoms with Crippen LogP contribution in [0.4, 0.5) is 0 Å². The Balaban J connectivity index is 1.42. The van der Waals surface area contributed by atoms with Crippen molar-refractivity contribution >= 4 is 5.91 Å². The van der Waals surface area contributed by atoms with Crippen LogP contribution in [0.2, 0.25) is 0 Å². The summed E-state index contributed by atoms with van der Waals surface area (Å²) in [5.74, 6) is 1.13. The summed E-state index contributed by atoms with van der Waals surface area (Å²) >= 11 is 0. The first-order chi connectivity index (χ1) is 9.83. The number of nitrogens with zero attached hydrogens (tertiary/aromatic N) is 2. The minimum Gasteiger partial charge on any atom is -0.356 e. The van der Waals surface area contributed by atoms with Crippen LogP contribution in [0.3, 0.4) is 0 Å². The smallest absolute Gasteiger partial charge is 0.223 e. The van der Waals surface area contributed by atoms with Gasteiger partial charge in [0.2, 0.25) is 5.91 Å². The number of amides is 1. The molecule has 1 aromatic heterocycles. The first-order valence-electron chi connectivity index (χ1n) is 7.01. The number of carbonyl (C=O) groups is 1. The van der Waals surface area contributed by atoms with E-state index in [0.29, 0.717) is 6.54 Å². The van der Waals surface area contributed by atoms with Crippen molar-refractivity contribution < 1.29 is 4.79 Å². The molecule has 0 spiro atoms. The third-order valence-corrected chi connectivity index (χ3v) is 3.78. The molecule has 3 rings (SSSR count). The van der Waals surface area contributed by atoms with Crippen LogP contribution in [0, 0.1) is 5.92 Å². The summed E-state index contributed by atoms with van der Waals surface area (Å²) in [4.78, 5) is 16.2. The van der Waals surface area contributed by atoms with Crippen molar-refractivity contribution in [1.82, 2.24) is 20.5 Å². The maximum atomic E-state index is 12.1. The molecule has 1 amide bonds. The second kappa shape index (κ2) is 5.86. The maximum Gasteiger partial charge on any atom is 0.223 e. The minimum absolute atomic E-state index is 0.0951. The van der Waals surface area contributed by atoms with Crippen LogP contribution in [0.25, 0.3) is 0 Å². The average molecular weight is 270 g/mol. The molecular formula is C15H18N4O. The number of aromatic nitrogens is 3. The lowest BCUT2D eigenvalue weighted by Crippen LogP contribution is -2.32. The van der Waals surface area contributed by atoms with Crippen LogP contribution in [-0.2, 0) is 24.1 Å². The van der Waals surface area contributed by atoms with Crippen molar-refractivity contribution in [3.8, 4) is 0 Å². The molecule has 104 valence electrons. The van der Waals surface area contributed by atoms with Crippen molar-refractivity contribution in [1.29, 1.82) is 0 Å². The van der Waals surface area contributed by atoms with E-state index < -0.39 is 0 Å². The Labute approximate surface area is 117 Å². The number of hydrogen-bond donors (Lipinski definition) is 2. The molecule has 0 radical (unpaired) electrons. The Morgan fingerprint density at radius 1 is 1.30 bits per heavy atom. The third kappa shape index (κ3) is 2.87. The topological polar surface area (TPSA) is 70.7 Å². The highest BCUT2D eigenvalue weighted by molar-refractivity contribution is 5.80. The van der Waals surface area contributed by atoms with E-state index in [1.807, 2.05) is 12.1 Å². The van der Waals surface area contributed by atoms with Gasteiger partial charge in [0.1, 0.15) is 12.2 Å². The second-order valence-corrected chi connectivity index (χ2v) is 5.20. The van der Waals surface area contributed by atoms with Crippen molar-refractivity contribution in [3.05, 3.63) is 47.5 Å². The van der Waals surface area contributed by atoms with Gasteiger partial charge in [0, 0.05) is 18.9 Å². The fourth-order valence-electron chi connectivity index (χ4n) is 2.71. The predicted molar refractivity (Wildman–Crippen MR) is 75.1 cm³/mol. The zero-order chi connectivity index (χ0) is 13.8. The molecule has 0 atom stereocenters. The number of nitrogens with one attached hydrogen (secondary N) is 2. The number of carbonyl (C=O) groups excluding carboxylic acids is 1.